The van der Waals surface area contributed by atoms with Gasteiger partial charge in [-0.25, -0.2) is 0 Å². The minimum Gasteiger partial charge on any atom is -0.256 e. The molecule has 0 aliphatic rings. The van der Waals surface area contributed by atoms with Crippen LogP contribution in [0.3, 0.4) is 0 Å². The molecule has 1 aromatic heterocycles. The van der Waals surface area contributed by atoms with Gasteiger partial charge >= 0.3 is 6.18 Å². The lowest BCUT2D eigenvalue weighted by Gasteiger charge is -2.08. The van der Waals surface area contributed by atoms with Crippen molar-refractivity contribution < 1.29 is 13.2 Å². The molecular weight excluding hydrogens is 179 g/mol. The van der Waals surface area contributed by atoms with E-state index in [1.807, 2.05) is 0 Å². The molecule has 1 aromatic rings. The van der Waals surface area contributed by atoms with E-state index in [0.717, 1.165) is 6.07 Å². The van der Waals surface area contributed by atoms with E-state index in [4.69, 9.17) is 0 Å². The van der Waals surface area contributed by atoms with Gasteiger partial charge < -0.3 is 0 Å². The third kappa shape index (κ3) is 2.31. The Morgan fingerprint density at radius 3 is 2.62 bits per heavy atom. The van der Waals surface area contributed by atoms with Crippen molar-refractivity contribution in [2.75, 3.05) is 0 Å². The maximum atomic E-state index is 12.3. The first-order valence-electron chi connectivity index (χ1n) is 3.70. The molecule has 0 amide bonds. The average molecular weight is 187 g/mol. The number of nitrogens with zero attached hydrogens (tertiary/aromatic N) is 1. The number of aromatic nitrogens is 1. The molecule has 1 nitrogen and oxygen atoms in total. The summed E-state index contributed by atoms with van der Waals surface area (Å²) >= 11 is 0. The van der Waals surface area contributed by atoms with Crippen molar-refractivity contribution in [2.45, 2.75) is 13.1 Å². The van der Waals surface area contributed by atoms with Gasteiger partial charge in [0.2, 0.25) is 0 Å². The molecule has 0 fully saturated rings. The summed E-state index contributed by atoms with van der Waals surface area (Å²) in [5, 5.41) is 0. The quantitative estimate of drug-likeness (QED) is 0.658. The van der Waals surface area contributed by atoms with E-state index in [2.05, 4.69) is 4.98 Å². The Bertz CT molecular complexity index is 315. The molecule has 0 bridgehead atoms. The topological polar surface area (TPSA) is 12.9 Å². The predicted molar refractivity (Wildman–Crippen MR) is 43.9 cm³/mol. The number of rotatable bonds is 1. The molecule has 1 heterocycles. The third-order valence-electron chi connectivity index (χ3n) is 1.47. The van der Waals surface area contributed by atoms with Crippen molar-refractivity contribution in [3.05, 3.63) is 35.7 Å². The summed E-state index contributed by atoms with van der Waals surface area (Å²) < 4.78 is 36.9. The molecule has 0 saturated heterocycles. The van der Waals surface area contributed by atoms with Gasteiger partial charge in [-0.3, -0.25) is 4.98 Å². The van der Waals surface area contributed by atoms with Crippen molar-refractivity contribution in [3.8, 4) is 0 Å². The van der Waals surface area contributed by atoms with Crippen LogP contribution < -0.4 is 0 Å². The SMILES string of the molecule is CC=Cc1ncccc1C(F)(F)F. The zero-order valence-electron chi connectivity index (χ0n) is 6.97. The molecule has 0 aliphatic carbocycles. The fourth-order valence-corrected chi connectivity index (χ4v) is 0.948. The van der Waals surface area contributed by atoms with E-state index < -0.39 is 11.7 Å². The van der Waals surface area contributed by atoms with Crippen molar-refractivity contribution in [2.24, 2.45) is 0 Å². The first-order valence-corrected chi connectivity index (χ1v) is 3.70. The van der Waals surface area contributed by atoms with E-state index in [1.165, 1.54) is 24.4 Å². The zero-order chi connectivity index (χ0) is 9.90. The Morgan fingerprint density at radius 2 is 2.08 bits per heavy atom. The van der Waals surface area contributed by atoms with Gasteiger partial charge in [-0.05, 0) is 25.1 Å². The first-order chi connectivity index (χ1) is 6.05. The second-order valence-corrected chi connectivity index (χ2v) is 2.43. The number of pyridine rings is 1. The number of allylic oxidation sites excluding steroid dienone is 1. The Hall–Kier alpha value is -1.32. The lowest BCUT2D eigenvalue weighted by atomic mass is 10.2. The van der Waals surface area contributed by atoms with Crippen LogP contribution in [-0.2, 0) is 6.18 Å². The summed E-state index contributed by atoms with van der Waals surface area (Å²) in [6.45, 7) is 1.65. The smallest absolute Gasteiger partial charge is 0.256 e. The summed E-state index contributed by atoms with van der Waals surface area (Å²) in [6.07, 6.45) is -0.131. The molecule has 0 atom stereocenters. The van der Waals surface area contributed by atoms with Crippen LogP contribution >= 0.6 is 0 Å². The van der Waals surface area contributed by atoms with Crippen LogP contribution in [0.1, 0.15) is 18.2 Å². The zero-order valence-corrected chi connectivity index (χ0v) is 6.97. The highest BCUT2D eigenvalue weighted by atomic mass is 19.4. The Balaban J connectivity index is 3.20. The monoisotopic (exact) mass is 187 g/mol. The van der Waals surface area contributed by atoms with E-state index in [1.54, 1.807) is 6.92 Å². The van der Waals surface area contributed by atoms with Crippen LogP contribution in [0.15, 0.2) is 24.4 Å². The Labute approximate surface area is 73.9 Å². The third-order valence-corrected chi connectivity index (χ3v) is 1.47. The summed E-state index contributed by atoms with van der Waals surface area (Å²) in [5.41, 5.74) is -0.745. The highest BCUT2D eigenvalue weighted by molar-refractivity contribution is 5.49. The fraction of sp³-hybridized carbons (Fsp3) is 0.222. The van der Waals surface area contributed by atoms with Gasteiger partial charge in [0.05, 0.1) is 11.3 Å². The number of alkyl halides is 3. The maximum Gasteiger partial charge on any atom is 0.418 e. The summed E-state index contributed by atoms with van der Waals surface area (Å²) in [7, 11) is 0. The summed E-state index contributed by atoms with van der Waals surface area (Å²) in [5.74, 6) is 0. The molecule has 1 rings (SSSR count). The molecule has 0 aliphatic heterocycles. The standard InChI is InChI=1S/C9H8F3N/c1-2-4-8-7(9(10,11)12)5-3-6-13-8/h2-6H,1H3. The number of hydrogen-bond acceptors (Lipinski definition) is 1. The molecule has 13 heavy (non-hydrogen) atoms. The fourth-order valence-electron chi connectivity index (χ4n) is 0.948. The van der Waals surface area contributed by atoms with Gasteiger partial charge in [0.25, 0.3) is 0 Å². The molecule has 0 spiro atoms. The molecule has 0 N–H and O–H groups in total. The molecule has 4 heteroatoms. The van der Waals surface area contributed by atoms with Crippen molar-refractivity contribution in [1.82, 2.24) is 4.98 Å². The molecule has 0 unspecified atom stereocenters. The van der Waals surface area contributed by atoms with E-state index in [-0.39, 0.29) is 5.69 Å². The van der Waals surface area contributed by atoms with Crippen LogP contribution in [0.25, 0.3) is 6.08 Å². The second-order valence-electron chi connectivity index (χ2n) is 2.43. The van der Waals surface area contributed by atoms with Gasteiger partial charge in [-0.1, -0.05) is 6.08 Å². The van der Waals surface area contributed by atoms with Gasteiger partial charge in [-0.2, -0.15) is 13.2 Å². The van der Waals surface area contributed by atoms with E-state index in [0.29, 0.717) is 0 Å². The largest absolute Gasteiger partial charge is 0.418 e. The van der Waals surface area contributed by atoms with Crippen molar-refractivity contribution in [3.63, 3.8) is 0 Å². The highest BCUT2D eigenvalue weighted by Crippen LogP contribution is 2.31. The van der Waals surface area contributed by atoms with Gasteiger partial charge in [0.1, 0.15) is 0 Å². The molecule has 0 saturated carbocycles. The number of hydrogen-bond donors (Lipinski definition) is 0. The number of halogens is 3. The van der Waals surface area contributed by atoms with Gasteiger partial charge in [0, 0.05) is 6.20 Å². The van der Waals surface area contributed by atoms with Crippen LogP contribution in [0.4, 0.5) is 13.2 Å². The van der Waals surface area contributed by atoms with Gasteiger partial charge in [0.15, 0.2) is 0 Å². The normalized spacial score (nSPS) is 12.3. The van der Waals surface area contributed by atoms with Crippen LogP contribution in [0, 0.1) is 0 Å². The summed E-state index contributed by atoms with van der Waals surface area (Å²) in [4.78, 5) is 3.63. The molecular formula is C9H8F3N. The summed E-state index contributed by atoms with van der Waals surface area (Å²) in [6, 6.07) is 2.29. The minimum absolute atomic E-state index is 0.0440. The predicted octanol–water partition coefficient (Wildman–Crippen LogP) is 3.13. The molecule has 0 radical (unpaired) electrons. The highest BCUT2D eigenvalue weighted by Gasteiger charge is 2.32. The van der Waals surface area contributed by atoms with E-state index >= 15 is 0 Å². The van der Waals surface area contributed by atoms with E-state index in [9.17, 15) is 13.2 Å². The molecule has 70 valence electrons. The Morgan fingerprint density at radius 1 is 1.38 bits per heavy atom. The van der Waals surface area contributed by atoms with Gasteiger partial charge in [-0.15, -0.1) is 0 Å². The second kappa shape index (κ2) is 3.60. The van der Waals surface area contributed by atoms with Crippen LogP contribution in [0.2, 0.25) is 0 Å². The Kier molecular flexibility index (Phi) is 2.70. The van der Waals surface area contributed by atoms with Crippen molar-refractivity contribution >= 4 is 6.08 Å². The van der Waals surface area contributed by atoms with Crippen LogP contribution in [0.5, 0.6) is 0 Å². The minimum atomic E-state index is -4.33. The molecule has 0 aromatic carbocycles. The lowest BCUT2D eigenvalue weighted by Crippen LogP contribution is -2.08. The van der Waals surface area contributed by atoms with Crippen molar-refractivity contribution in [1.29, 1.82) is 0 Å². The first kappa shape index (κ1) is 9.77. The van der Waals surface area contributed by atoms with Crippen LogP contribution in [-0.4, -0.2) is 4.98 Å². The average Bonchev–Trinajstić information content (AvgIpc) is 2.04. The lowest BCUT2D eigenvalue weighted by molar-refractivity contribution is -0.138. The maximum absolute atomic E-state index is 12.3.